The maximum Gasteiger partial charge on any atom is 0.460 e. The van der Waals surface area contributed by atoms with Gasteiger partial charge in [-0.2, -0.15) is 0 Å². The summed E-state index contributed by atoms with van der Waals surface area (Å²) in [4.78, 5) is 0. The molecule has 416 valence electrons. The molecule has 80 heavy (non-hydrogen) atoms. The van der Waals surface area contributed by atoms with Crippen molar-refractivity contribution < 1.29 is 74.1 Å². The molecule has 0 saturated heterocycles. The van der Waals surface area contributed by atoms with E-state index in [4.69, 9.17) is 92.1 Å². The molecule has 0 aliphatic carbocycles. The highest BCUT2D eigenvalue weighted by molar-refractivity contribution is 7.79. The molecule has 0 saturated carbocycles. The predicted molar refractivity (Wildman–Crippen MR) is 306 cm³/mol. The Kier molecular flexibility index (Phi) is 17.9. The summed E-state index contributed by atoms with van der Waals surface area (Å²) in [5.74, 6) is 5.80. The van der Waals surface area contributed by atoms with Crippen molar-refractivity contribution in [3.05, 3.63) is 194 Å². The minimum absolute atomic E-state index is 0.199. The van der Waals surface area contributed by atoms with E-state index in [0.717, 1.165) is 0 Å². The molecule has 0 fully saturated rings. The van der Waals surface area contributed by atoms with Crippen molar-refractivity contribution in [3.63, 3.8) is 0 Å². The van der Waals surface area contributed by atoms with Crippen LogP contribution in [0, 0.1) is 0 Å². The van der Waals surface area contributed by atoms with Crippen LogP contribution in [-0.4, -0.2) is 56.9 Å². The van der Waals surface area contributed by atoms with E-state index in [2.05, 4.69) is 0 Å². The van der Waals surface area contributed by atoms with Gasteiger partial charge in [-0.05, 0) is 194 Å². The third kappa shape index (κ3) is 14.2. The lowest BCUT2D eigenvalue weighted by atomic mass is 10.3. The van der Waals surface area contributed by atoms with Crippen LogP contribution in [0.2, 0.25) is 0 Å². The Hall–Kier alpha value is -8.52. The summed E-state index contributed by atoms with van der Waals surface area (Å²) in [7, 11) is -6.37. The standard InChI is InChI=1S/C56H56N4O16P4/c1-61-41-9-25-49(26-10-41)69-77(70-50-27-11-42(62-2)12-28-50)57-78(71-51-29-13-43(63-3)14-30-51,72-52-31-15-44(64-4)16-32-52)59-80(75-55-37-21-47(67-7)22-38-55,76-56-39-23-48(68-8)24-40-56)60-79(58-77,73-53-33-17-45(65-5)18-34-53)74-54-35-19-46(66-6)20-36-54/h9-40H,1-8H3. The fourth-order valence-corrected chi connectivity index (χ4v) is 19.3. The second kappa shape index (κ2) is 25.5. The normalized spacial score (nSPS) is 14.3. The monoisotopic (exact) mass is 1160 g/mol. The number of hydrogen-bond acceptors (Lipinski definition) is 20. The van der Waals surface area contributed by atoms with E-state index in [1.165, 1.54) is 0 Å². The molecule has 1 aliphatic heterocycles. The molecular formula is C56H56N4O16P4. The van der Waals surface area contributed by atoms with Gasteiger partial charge in [0.1, 0.15) is 92.0 Å². The number of nitrogens with zero attached hydrogens (tertiary/aromatic N) is 4. The molecule has 9 rings (SSSR count). The van der Waals surface area contributed by atoms with E-state index in [0.29, 0.717) is 46.0 Å². The Balaban J connectivity index is 1.50. The SMILES string of the molecule is COc1ccc(OP2(Oc3ccc(OC)cc3)=NP(Oc3ccc(OC)cc3)(Oc3ccc(OC)cc3)=NP(Oc3ccc(OC)cc3)(Oc3ccc(OC)cc3)=NP(Oc3ccc(OC)cc3)(Oc3ccc(OC)cc3)=N2)cc1. The van der Waals surface area contributed by atoms with E-state index in [9.17, 15) is 0 Å². The molecule has 1 heterocycles. The summed E-state index contributed by atoms with van der Waals surface area (Å²) >= 11 is 0. The zero-order valence-electron chi connectivity index (χ0n) is 44.6. The molecule has 24 heteroatoms. The van der Waals surface area contributed by atoms with Gasteiger partial charge < -0.3 is 74.1 Å². The molecule has 0 bridgehead atoms. The lowest BCUT2D eigenvalue weighted by Crippen LogP contribution is -2.11. The van der Waals surface area contributed by atoms with Gasteiger partial charge in [-0.15, -0.1) is 0 Å². The minimum atomic E-state index is -4.69. The average molecular weight is 1160 g/mol. The van der Waals surface area contributed by atoms with E-state index in [1.807, 2.05) is 0 Å². The summed E-state index contributed by atoms with van der Waals surface area (Å²) in [5, 5.41) is 0. The number of benzene rings is 8. The van der Waals surface area contributed by atoms with Crippen LogP contribution >= 0.6 is 30.6 Å². The van der Waals surface area contributed by atoms with Gasteiger partial charge >= 0.3 is 30.6 Å². The van der Waals surface area contributed by atoms with Gasteiger partial charge in [0.25, 0.3) is 0 Å². The molecule has 20 nitrogen and oxygen atoms in total. The smallest absolute Gasteiger partial charge is 0.460 e. The van der Waals surface area contributed by atoms with Crippen LogP contribution in [0.25, 0.3) is 0 Å². The van der Waals surface area contributed by atoms with Crippen LogP contribution in [-0.2, 0) is 0 Å². The highest BCUT2D eigenvalue weighted by Gasteiger charge is 2.49. The topological polar surface area (TPSA) is 197 Å². The summed E-state index contributed by atoms with van der Waals surface area (Å²) in [6.45, 7) is 0. The minimum Gasteiger partial charge on any atom is -0.497 e. The molecule has 1 aliphatic rings. The van der Waals surface area contributed by atoms with E-state index < -0.39 is 30.6 Å². The first-order valence-electron chi connectivity index (χ1n) is 24.2. The number of hydrogen-bond donors (Lipinski definition) is 0. The Morgan fingerprint density at radius 1 is 0.163 bits per heavy atom. The third-order valence-corrected chi connectivity index (χ3v) is 22.0. The van der Waals surface area contributed by atoms with Gasteiger partial charge in [-0.3, -0.25) is 0 Å². The van der Waals surface area contributed by atoms with Gasteiger partial charge in [-0.25, -0.2) is 0 Å². The van der Waals surface area contributed by atoms with Crippen LogP contribution in [0.4, 0.5) is 0 Å². The molecule has 0 unspecified atom stereocenters. The average Bonchev–Trinajstić information content (AvgIpc) is 3.49. The molecule has 8 aromatic rings. The second-order valence-electron chi connectivity index (χ2n) is 16.5. The Labute approximate surface area is 463 Å². The maximum atomic E-state index is 7.21. The largest absolute Gasteiger partial charge is 0.497 e. The maximum absolute atomic E-state index is 7.21. The molecule has 0 amide bonds. The number of methoxy groups -OCH3 is 8. The van der Waals surface area contributed by atoms with Crippen LogP contribution in [0.3, 0.4) is 0 Å². The fraction of sp³-hybridized carbons (Fsp3) is 0.143. The van der Waals surface area contributed by atoms with Gasteiger partial charge in [0.15, 0.2) is 0 Å². The first-order chi connectivity index (χ1) is 38.9. The van der Waals surface area contributed by atoms with Gasteiger partial charge in [0.05, 0.1) is 56.9 Å². The van der Waals surface area contributed by atoms with Crippen molar-refractivity contribution in [1.82, 2.24) is 0 Å². The lowest BCUT2D eigenvalue weighted by Gasteiger charge is -2.33. The molecular weight excluding hydrogens is 1110 g/mol. The van der Waals surface area contributed by atoms with E-state index in [1.54, 1.807) is 251 Å². The molecule has 0 radical (unpaired) electrons. The fourth-order valence-electron chi connectivity index (χ4n) is 7.20. The van der Waals surface area contributed by atoms with Crippen molar-refractivity contribution in [1.29, 1.82) is 0 Å². The van der Waals surface area contributed by atoms with Gasteiger partial charge in [0.2, 0.25) is 0 Å². The van der Waals surface area contributed by atoms with Crippen LogP contribution < -0.4 is 74.1 Å². The third-order valence-electron chi connectivity index (χ3n) is 11.2. The summed E-state index contributed by atoms with van der Waals surface area (Å²) in [5.41, 5.74) is 0. The number of rotatable bonds is 24. The zero-order chi connectivity index (χ0) is 56.0. The predicted octanol–water partition coefficient (Wildman–Crippen LogP) is 16.5. The Morgan fingerprint density at radius 3 is 0.338 bits per heavy atom. The van der Waals surface area contributed by atoms with Crippen molar-refractivity contribution in [2.75, 3.05) is 56.9 Å². The first kappa shape index (κ1) is 56.2. The molecule has 0 atom stereocenters. The lowest BCUT2D eigenvalue weighted by molar-refractivity contribution is 0.410. The summed E-state index contributed by atoms with van der Waals surface area (Å²) in [6.07, 6.45) is 0. The molecule has 0 spiro atoms. The van der Waals surface area contributed by atoms with Crippen LogP contribution in [0.1, 0.15) is 0 Å². The molecule has 8 aromatic carbocycles. The van der Waals surface area contributed by atoms with Crippen molar-refractivity contribution in [3.8, 4) is 92.0 Å². The quantitative estimate of drug-likeness (QED) is 0.0517. The zero-order valence-corrected chi connectivity index (χ0v) is 48.2. The molecule has 0 aromatic heterocycles. The van der Waals surface area contributed by atoms with E-state index in [-0.39, 0.29) is 46.0 Å². The Morgan fingerprint density at radius 2 is 0.250 bits per heavy atom. The van der Waals surface area contributed by atoms with Gasteiger partial charge in [-0.1, -0.05) is 18.1 Å². The second-order valence-corrected chi connectivity index (χ2v) is 24.7. The number of ether oxygens (including phenoxy) is 8. The molecule has 0 N–H and O–H groups in total. The van der Waals surface area contributed by atoms with Crippen molar-refractivity contribution in [2.24, 2.45) is 18.1 Å². The van der Waals surface area contributed by atoms with Gasteiger partial charge in [0, 0.05) is 0 Å². The van der Waals surface area contributed by atoms with Crippen molar-refractivity contribution in [2.45, 2.75) is 0 Å². The van der Waals surface area contributed by atoms with Crippen LogP contribution in [0.15, 0.2) is 212 Å². The van der Waals surface area contributed by atoms with E-state index >= 15 is 0 Å². The highest BCUT2D eigenvalue weighted by Crippen LogP contribution is 2.79. The Bertz CT molecular complexity index is 2850. The summed E-state index contributed by atoms with van der Waals surface area (Å²) < 4.78 is 125. The first-order valence-corrected chi connectivity index (χ1v) is 30.3. The van der Waals surface area contributed by atoms with Crippen molar-refractivity contribution >= 4 is 30.6 Å². The highest BCUT2D eigenvalue weighted by atomic mass is 31.3. The summed E-state index contributed by atoms with van der Waals surface area (Å²) in [6, 6.07) is 53.9. The van der Waals surface area contributed by atoms with Crippen LogP contribution in [0.5, 0.6) is 92.0 Å².